The molecule has 0 amide bonds. The molecule has 0 aliphatic carbocycles. The molecule has 2 aromatic rings. The summed E-state index contributed by atoms with van der Waals surface area (Å²) in [5.41, 5.74) is 12.4. The number of nitrogens with zero attached hydrogens (tertiary/aromatic N) is 3. The highest BCUT2D eigenvalue weighted by atomic mass is 16.1. The molecular weight excluding hydrogens is 268 g/mol. The zero-order valence-corrected chi connectivity index (χ0v) is 11.6. The predicted octanol–water partition coefficient (Wildman–Crippen LogP) is 0.561. The molecule has 0 saturated heterocycles. The second kappa shape index (κ2) is 6.83. The highest BCUT2D eigenvalue weighted by molar-refractivity contribution is 5.39. The Morgan fingerprint density at radius 3 is 2.67 bits per heavy atom. The number of nitrogens with one attached hydrogen (secondary N) is 1. The number of aromatic nitrogens is 3. The fraction of sp³-hybridized carbons (Fsp3) is 0.357. The highest BCUT2D eigenvalue weighted by Gasteiger charge is 2.17. The molecule has 1 atom stereocenters. The number of hydrogen-bond donors (Lipinski definition) is 3. The normalized spacial score (nSPS) is 12.0. The van der Waals surface area contributed by atoms with E-state index in [0.717, 1.165) is 12.8 Å². The van der Waals surface area contributed by atoms with Gasteiger partial charge in [-0.1, -0.05) is 6.42 Å². The van der Waals surface area contributed by atoms with Crippen LogP contribution >= 0.6 is 0 Å². The van der Waals surface area contributed by atoms with Crippen molar-refractivity contribution in [3.63, 3.8) is 0 Å². The van der Waals surface area contributed by atoms with Gasteiger partial charge in [-0.3, -0.25) is 0 Å². The summed E-state index contributed by atoms with van der Waals surface area (Å²) in [6.45, 7) is 0.621. The lowest BCUT2D eigenvalue weighted by Crippen LogP contribution is -2.22. The molecule has 1 heterocycles. The van der Waals surface area contributed by atoms with Crippen LogP contribution in [0.2, 0.25) is 0 Å². The molecule has 0 unspecified atom stereocenters. The number of unbranched alkanes of at least 4 members (excludes halogenated alkanes) is 1. The Balaban J connectivity index is 2.29. The Morgan fingerprint density at radius 1 is 1.33 bits per heavy atom. The van der Waals surface area contributed by atoms with E-state index >= 15 is 0 Å². The van der Waals surface area contributed by atoms with Crippen molar-refractivity contribution in [2.45, 2.75) is 25.3 Å². The molecule has 0 aliphatic rings. The van der Waals surface area contributed by atoms with Crippen LogP contribution in [-0.2, 0) is 0 Å². The number of aromatic amines is 1. The van der Waals surface area contributed by atoms with Crippen LogP contribution in [0.3, 0.4) is 0 Å². The lowest BCUT2D eigenvalue weighted by Gasteiger charge is -2.12. The Bertz CT molecular complexity index is 679. The molecule has 0 bridgehead atoms. The Morgan fingerprint density at radius 2 is 2.05 bits per heavy atom. The maximum atomic E-state index is 11.9. The number of rotatable bonds is 6. The van der Waals surface area contributed by atoms with Crippen molar-refractivity contribution >= 4 is 0 Å². The first-order valence-electron chi connectivity index (χ1n) is 6.81. The average molecular weight is 286 g/mol. The molecule has 0 aliphatic heterocycles. The van der Waals surface area contributed by atoms with Gasteiger partial charge in [-0.25, -0.2) is 14.5 Å². The van der Waals surface area contributed by atoms with Crippen LogP contribution in [0.1, 0.15) is 36.7 Å². The van der Waals surface area contributed by atoms with Crippen LogP contribution in [0, 0.1) is 11.3 Å². The van der Waals surface area contributed by atoms with Gasteiger partial charge in [-0.15, -0.1) is 0 Å². The topological polar surface area (TPSA) is 127 Å². The van der Waals surface area contributed by atoms with Crippen LogP contribution in [-0.4, -0.2) is 21.3 Å². The molecule has 5 N–H and O–H groups in total. The van der Waals surface area contributed by atoms with Crippen molar-refractivity contribution in [1.82, 2.24) is 14.8 Å². The summed E-state index contributed by atoms with van der Waals surface area (Å²) in [6.07, 6.45) is 2.48. The van der Waals surface area contributed by atoms with Gasteiger partial charge >= 0.3 is 5.69 Å². The summed E-state index contributed by atoms with van der Waals surface area (Å²) in [5.74, 6) is 0.488. The number of nitrogens with two attached hydrogens (primary N) is 2. The van der Waals surface area contributed by atoms with Crippen LogP contribution in [0.5, 0.6) is 0 Å². The van der Waals surface area contributed by atoms with Crippen molar-refractivity contribution in [1.29, 1.82) is 5.26 Å². The monoisotopic (exact) mass is 286 g/mol. The molecule has 1 aromatic carbocycles. The predicted molar refractivity (Wildman–Crippen MR) is 78.7 cm³/mol. The van der Waals surface area contributed by atoms with E-state index in [1.165, 1.54) is 4.57 Å². The van der Waals surface area contributed by atoms with Gasteiger partial charge in [-0.2, -0.15) is 10.4 Å². The zero-order valence-electron chi connectivity index (χ0n) is 11.6. The summed E-state index contributed by atoms with van der Waals surface area (Å²) in [4.78, 5) is 11.9. The van der Waals surface area contributed by atoms with Gasteiger partial charge in [0, 0.05) is 0 Å². The first-order valence-corrected chi connectivity index (χ1v) is 6.81. The summed E-state index contributed by atoms with van der Waals surface area (Å²) >= 11 is 0. The lowest BCUT2D eigenvalue weighted by atomic mass is 10.1. The van der Waals surface area contributed by atoms with Crippen LogP contribution in [0.4, 0.5) is 0 Å². The number of nitriles is 1. The Labute approximate surface area is 122 Å². The van der Waals surface area contributed by atoms with E-state index in [0.29, 0.717) is 30.0 Å². The van der Waals surface area contributed by atoms with E-state index in [9.17, 15) is 4.79 Å². The third-order valence-electron chi connectivity index (χ3n) is 3.25. The van der Waals surface area contributed by atoms with Crippen molar-refractivity contribution < 1.29 is 0 Å². The quantitative estimate of drug-likeness (QED) is 0.669. The van der Waals surface area contributed by atoms with Gasteiger partial charge < -0.3 is 11.5 Å². The first kappa shape index (κ1) is 15.0. The molecule has 0 saturated carbocycles. The minimum Gasteiger partial charge on any atom is -0.330 e. The number of H-pyrrole nitrogens is 1. The minimum atomic E-state index is -0.344. The standard InChI is InChI=1S/C14H18N6O/c15-8-2-1-3-12(17)13-18-19-14(21)20(13)11-6-4-10(9-16)5-7-11/h4-7,12H,1-3,8,15,17H2,(H,19,21)/t12-/m0/s1. The molecular formula is C14H18N6O. The van der Waals surface area contributed by atoms with Gasteiger partial charge in [0.25, 0.3) is 0 Å². The minimum absolute atomic E-state index is 0.342. The van der Waals surface area contributed by atoms with Crippen LogP contribution in [0.25, 0.3) is 5.69 Å². The third kappa shape index (κ3) is 3.37. The van der Waals surface area contributed by atoms with Crippen molar-refractivity contribution in [2.24, 2.45) is 11.5 Å². The Hall–Kier alpha value is -2.43. The summed E-state index contributed by atoms with van der Waals surface area (Å²) in [7, 11) is 0. The summed E-state index contributed by atoms with van der Waals surface area (Å²) < 4.78 is 1.44. The highest BCUT2D eigenvalue weighted by Crippen LogP contribution is 2.17. The van der Waals surface area contributed by atoms with E-state index in [1.807, 2.05) is 6.07 Å². The van der Waals surface area contributed by atoms with Gasteiger partial charge in [0.2, 0.25) is 0 Å². The maximum Gasteiger partial charge on any atom is 0.347 e. The molecule has 0 radical (unpaired) electrons. The van der Waals surface area contributed by atoms with Gasteiger partial charge in [-0.05, 0) is 43.7 Å². The Kier molecular flexibility index (Phi) is 4.87. The second-order valence-electron chi connectivity index (χ2n) is 4.77. The third-order valence-corrected chi connectivity index (χ3v) is 3.25. The lowest BCUT2D eigenvalue weighted by molar-refractivity contribution is 0.557. The van der Waals surface area contributed by atoms with E-state index in [4.69, 9.17) is 16.7 Å². The zero-order chi connectivity index (χ0) is 15.2. The smallest absolute Gasteiger partial charge is 0.330 e. The largest absolute Gasteiger partial charge is 0.347 e. The number of hydrogen-bond acceptors (Lipinski definition) is 5. The molecule has 0 spiro atoms. The second-order valence-corrected chi connectivity index (χ2v) is 4.77. The summed E-state index contributed by atoms with van der Waals surface area (Å²) in [5, 5.41) is 15.3. The van der Waals surface area contributed by atoms with Crippen molar-refractivity contribution in [3.8, 4) is 11.8 Å². The molecule has 21 heavy (non-hydrogen) atoms. The van der Waals surface area contributed by atoms with E-state index in [1.54, 1.807) is 24.3 Å². The van der Waals surface area contributed by atoms with Gasteiger partial charge in [0.1, 0.15) is 0 Å². The summed E-state index contributed by atoms with van der Waals surface area (Å²) in [6, 6.07) is 8.40. The first-order chi connectivity index (χ1) is 10.2. The van der Waals surface area contributed by atoms with Crippen LogP contribution < -0.4 is 17.2 Å². The molecule has 2 rings (SSSR count). The van der Waals surface area contributed by atoms with E-state index in [2.05, 4.69) is 10.2 Å². The molecule has 7 nitrogen and oxygen atoms in total. The molecule has 110 valence electrons. The SMILES string of the molecule is N#Cc1ccc(-n2c([C@@H](N)CCCCN)n[nH]c2=O)cc1. The fourth-order valence-corrected chi connectivity index (χ4v) is 2.13. The molecule has 0 fully saturated rings. The van der Waals surface area contributed by atoms with Crippen LogP contribution in [0.15, 0.2) is 29.1 Å². The molecule has 7 heteroatoms. The number of benzene rings is 1. The fourth-order valence-electron chi connectivity index (χ4n) is 2.13. The molecule has 1 aromatic heterocycles. The van der Waals surface area contributed by atoms with Gasteiger partial charge in [0.05, 0.1) is 23.4 Å². The van der Waals surface area contributed by atoms with E-state index < -0.39 is 0 Å². The average Bonchev–Trinajstić information content (AvgIpc) is 2.89. The van der Waals surface area contributed by atoms with Gasteiger partial charge in [0.15, 0.2) is 5.82 Å². The maximum absolute atomic E-state index is 11.9. The van der Waals surface area contributed by atoms with E-state index in [-0.39, 0.29) is 11.7 Å². The van der Waals surface area contributed by atoms with Crippen molar-refractivity contribution in [2.75, 3.05) is 6.54 Å². The van der Waals surface area contributed by atoms with Crippen molar-refractivity contribution in [3.05, 3.63) is 46.1 Å².